The number of rotatable bonds is 7. The fraction of sp³-hybridized carbons (Fsp3) is 0.263. The molecule has 26 heavy (non-hydrogen) atoms. The zero-order valence-electron chi connectivity index (χ0n) is 14.6. The number of hydrogen-bond donors (Lipinski definition) is 2. The lowest BCUT2D eigenvalue weighted by Crippen LogP contribution is -2.24. The molecular weight excluding hydrogens is 464 g/mol. The molecule has 2 rings (SSSR count). The highest BCUT2D eigenvalue weighted by Gasteiger charge is 2.10. The van der Waals surface area contributed by atoms with Gasteiger partial charge in [0.05, 0.1) is 4.47 Å². The molecule has 0 spiro atoms. The second-order valence-corrected chi connectivity index (χ2v) is 7.47. The molecule has 0 saturated heterocycles. The third kappa shape index (κ3) is 5.85. The highest BCUT2D eigenvalue weighted by molar-refractivity contribution is 9.11. The van der Waals surface area contributed by atoms with E-state index in [-0.39, 0.29) is 18.4 Å². The highest BCUT2D eigenvalue weighted by atomic mass is 79.9. The number of carbonyl (C=O) groups is 2. The van der Waals surface area contributed by atoms with Gasteiger partial charge in [0.15, 0.2) is 6.61 Å². The molecule has 2 amide bonds. The van der Waals surface area contributed by atoms with E-state index in [9.17, 15) is 9.59 Å². The van der Waals surface area contributed by atoms with Gasteiger partial charge < -0.3 is 15.4 Å². The maximum atomic E-state index is 12.1. The van der Waals surface area contributed by atoms with E-state index >= 15 is 0 Å². The molecule has 5 nitrogen and oxygen atoms in total. The van der Waals surface area contributed by atoms with Gasteiger partial charge in [0, 0.05) is 22.3 Å². The SMILES string of the molecule is CCCNC(=O)c1ccc(NC(=O)COc2c(C)cc(Br)cc2Br)cc1. The number of benzene rings is 2. The predicted molar refractivity (Wildman–Crippen MR) is 110 cm³/mol. The lowest BCUT2D eigenvalue weighted by atomic mass is 10.2. The van der Waals surface area contributed by atoms with Crippen LogP contribution in [0.15, 0.2) is 45.3 Å². The number of halogens is 2. The van der Waals surface area contributed by atoms with Crippen LogP contribution < -0.4 is 15.4 Å². The minimum Gasteiger partial charge on any atom is -0.482 e. The third-order valence-electron chi connectivity index (χ3n) is 3.51. The summed E-state index contributed by atoms with van der Waals surface area (Å²) < 4.78 is 7.33. The smallest absolute Gasteiger partial charge is 0.262 e. The van der Waals surface area contributed by atoms with Gasteiger partial charge in [-0.25, -0.2) is 0 Å². The Morgan fingerprint density at radius 2 is 1.81 bits per heavy atom. The van der Waals surface area contributed by atoms with Crippen LogP contribution in [-0.2, 0) is 4.79 Å². The second-order valence-electron chi connectivity index (χ2n) is 5.70. The van der Waals surface area contributed by atoms with Crippen molar-refractivity contribution in [3.05, 3.63) is 56.5 Å². The van der Waals surface area contributed by atoms with Gasteiger partial charge in [0.2, 0.25) is 0 Å². The van der Waals surface area contributed by atoms with E-state index in [4.69, 9.17) is 4.74 Å². The first-order valence-electron chi connectivity index (χ1n) is 8.17. The molecule has 0 bridgehead atoms. The van der Waals surface area contributed by atoms with E-state index < -0.39 is 0 Å². The maximum absolute atomic E-state index is 12.1. The molecule has 2 N–H and O–H groups in total. The lowest BCUT2D eigenvalue weighted by Gasteiger charge is -2.12. The van der Waals surface area contributed by atoms with E-state index in [2.05, 4.69) is 42.5 Å². The normalized spacial score (nSPS) is 10.3. The van der Waals surface area contributed by atoms with Crippen LogP contribution in [0.3, 0.4) is 0 Å². The summed E-state index contributed by atoms with van der Waals surface area (Å²) in [6, 6.07) is 10.5. The molecule has 0 unspecified atom stereocenters. The average molecular weight is 484 g/mol. The van der Waals surface area contributed by atoms with Crippen LogP contribution >= 0.6 is 31.9 Å². The molecule has 0 fully saturated rings. The van der Waals surface area contributed by atoms with E-state index in [0.717, 1.165) is 20.9 Å². The summed E-state index contributed by atoms with van der Waals surface area (Å²) in [7, 11) is 0. The number of anilines is 1. The number of carbonyl (C=O) groups excluding carboxylic acids is 2. The van der Waals surface area contributed by atoms with Crippen LogP contribution in [0.4, 0.5) is 5.69 Å². The fourth-order valence-electron chi connectivity index (χ4n) is 2.25. The Morgan fingerprint density at radius 1 is 1.12 bits per heavy atom. The zero-order valence-corrected chi connectivity index (χ0v) is 17.7. The Balaban J connectivity index is 1.91. The topological polar surface area (TPSA) is 67.4 Å². The van der Waals surface area contributed by atoms with Crippen molar-refractivity contribution >= 4 is 49.4 Å². The Hall–Kier alpha value is -1.86. The summed E-state index contributed by atoms with van der Waals surface area (Å²) in [5.41, 5.74) is 2.08. The van der Waals surface area contributed by atoms with Crippen molar-refractivity contribution in [2.75, 3.05) is 18.5 Å². The molecule has 0 aliphatic heterocycles. The summed E-state index contributed by atoms with van der Waals surface area (Å²) in [6.45, 7) is 4.43. The Bertz CT molecular complexity index is 769. The number of aryl methyl sites for hydroxylation is 1. The maximum Gasteiger partial charge on any atom is 0.262 e. The second kappa shape index (κ2) is 9.73. The van der Waals surface area contributed by atoms with Crippen molar-refractivity contribution in [2.24, 2.45) is 0 Å². The number of nitrogens with one attached hydrogen (secondary N) is 2. The molecular formula is C19H20Br2N2O3. The molecule has 2 aromatic rings. The predicted octanol–water partition coefficient (Wildman–Crippen LogP) is 4.68. The summed E-state index contributed by atoms with van der Waals surface area (Å²) >= 11 is 6.84. The van der Waals surface area contributed by atoms with Crippen molar-refractivity contribution in [3.8, 4) is 5.75 Å². The monoisotopic (exact) mass is 482 g/mol. The van der Waals surface area contributed by atoms with Crippen LogP contribution in [0.1, 0.15) is 29.3 Å². The molecule has 0 aromatic heterocycles. The number of hydrogen-bond acceptors (Lipinski definition) is 3. The number of ether oxygens (including phenoxy) is 1. The molecule has 0 aliphatic rings. The molecule has 0 radical (unpaired) electrons. The fourth-order valence-corrected chi connectivity index (χ4v) is 3.81. The van der Waals surface area contributed by atoms with Crippen molar-refractivity contribution in [3.63, 3.8) is 0 Å². The van der Waals surface area contributed by atoms with Crippen molar-refractivity contribution < 1.29 is 14.3 Å². The van der Waals surface area contributed by atoms with Gasteiger partial charge in [0.25, 0.3) is 11.8 Å². The minimum atomic E-state index is -0.276. The first-order valence-corrected chi connectivity index (χ1v) is 9.76. The van der Waals surface area contributed by atoms with Crippen LogP contribution in [0, 0.1) is 6.92 Å². The van der Waals surface area contributed by atoms with Gasteiger partial charge in [0.1, 0.15) is 5.75 Å². The molecule has 7 heteroatoms. The zero-order chi connectivity index (χ0) is 19.1. The molecule has 138 valence electrons. The van der Waals surface area contributed by atoms with Crippen LogP contribution in [0.5, 0.6) is 5.75 Å². The van der Waals surface area contributed by atoms with Crippen molar-refractivity contribution in [1.82, 2.24) is 5.32 Å². The summed E-state index contributed by atoms with van der Waals surface area (Å²) in [6.07, 6.45) is 0.883. The largest absolute Gasteiger partial charge is 0.482 e. The third-order valence-corrected chi connectivity index (χ3v) is 4.55. The minimum absolute atomic E-state index is 0.111. The Morgan fingerprint density at radius 3 is 2.42 bits per heavy atom. The van der Waals surface area contributed by atoms with Gasteiger partial charge in [-0.2, -0.15) is 0 Å². The molecule has 0 atom stereocenters. The summed E-state index contributed by atoms with van der Waals surface area (Å²) in [4.78, 5) is 24.0. The van der Waals surface area contributed by atoms with Crippen LogP contribution in [-0.4, -0.2) is 25.0 Å². The first kappa shape index (κ1) is 20.5. The van der Waals surface area contributed by atoms with E-state index in [1.807, 2.05) is 26.0 Å². The lowest BCUT2D eigenvalue weighted by molar-refractivity contribution is -0.118. The van der Waals surface area contributed by atoms with Crippen molar-refractivity contribution in [2.45, 2.75) is 20.3 Å². The van der Waals surface area contributed by atoms with E-state index in [1.54, 1.807) is 24.3 Å². The van der Waals surface area contributed by atoms with Gasteiger partial charge in [-0.05, 0) is 71.2 Å². The van der Waals surface area contributed by atoms with Gasteiger partial charge in [-0.15, -0.1) is 0 Å². The van der Waals surface area contributed by atoms with E-state index in [0.29, 0.717) is 23.5 Å². The van der Waals surface area contributed by atoms with Gasteiger partial charge in [-0.1, -0.05) is 22.9 Å². The molecule has 2 aromatic carbocycles. The Labute approximate surface area is 169 Å². The summed E-state index contributed by atoms with van der Waals surface area (Å²) in [5, 5.41) is 5.56. The Kier molecular flexibility index (Phi) is 7.66. The van der Waals surface area contributed by atoms with Crippen LogP contribution in [0.25, 0.3) is 0 Å². The highest BCUT2D eigenvalue weighted by Crippen LogP contribution is 2.32. The quantitative estimate of drug-likeness (QED) is 0.600. The standard InChI is InChI=1S/C19H20Br2N2O3/c1-3-8-22-19(25)13-4-6-15(7-5-13)23-17(24)11-26-18-12(2)9-14(20)10-16(18)21/h4-7,9-10H,3,8,11H2,1-2H3,(H,22,25)(H,23,24). The first-order chi connectivity index (χ1) is 12.4. The van der Waals surface area contributed by atoms with Gasteiger partial charge in [-0.3, -0.25) is 9.59 Å². The van der Waals surface area contributed by atoms with E-state index in [1.165, 1.54) is 0 Å². The molecule has 0 aliphatic carbocycles. The molecule has 0 heterocycles. The van der Waals surface area contributed by atoms with Gasteiger partial charge >= 0.3 is 0 Å². The van der Waals surface area contributed by atoms with Crippen molar-refractivity contribution in [1.29, 1.82) is 0 Å². The molecule has 0 saturated carbocycles. The summed E-state index contributed by atoms with van der Waals surface area (Å²) in [5.74, 6) is 0.234. The van der Waals surface area contributed by atoms with Crippen LogP contribution in [0.2, 0.25) is 0 Å². The number of amides is 2. The average Bonchev–Trinajstić information content (AvgIpc) is 2.59.